The summed E-state index contributed by atoms with van der Waals surface area (Å²) in [5.74, 6) is -0.643. The maximum Gasteiger partial charge on any atom is 0.416 e. The van der Waals surface area contributed by atoms with E-state index in [1.165, 1.54) is 11.6 Å². The average Bonchev–Trinajstić information content (AvgIpc) is 3.30. The quantitative estimate of drug-likeness (QED) is 0.342. The second-order valence-corrected chi connectivity index (χ2v) is 9.65. The van der Waals surface area contributed by atoms with Crippen LogP contribution in [0.2, 0.25) is 0 Å². The van der Waals surface area contributed by atoms with Crippen LogP contribution in [-0.4, -0.2) is 46.4 Å². The zero-order chi connectivity index (χ0) is 26.2. The zero-order valence-corrected chi connectivity index (χ0v) is 20.9. The fourth-order valence-electron chi connectivity index (χ4n) is 5.10. The van der Waals surface area contributed by atoms with Crippen molar-refractivity contribution in [3.63, 3.8) is 0 Å². The smallest absolute Gasteiger partial charge is 0.368 e. The lowest BCUT2D eigenvalue weighted by Gasteiger charge is -2.37. The fourth-order valence-corrected chi connectivity index (χ4v) is 5.10. The van der Waals surface area contributed by atoms with Crippen molar-refractivity contribution in [2.45, 2.75) is 32.4 Å². The maximum absolute atomic E-state index is 13.5. The molecule has 1 atom stereocenters. The van der Waals surface area contributed by atoms with Gasteiger partial charge >= 0.3 is 6.18 Å². The first kappa shape index (κ1) is 24.9. The summed E-state index contributed by atoms with van der Waals surface area (Å²) in [4.78, 5) is 22.1. The summed E-state index contributed by atoms with van der Waals surface area (Å²) in [5.41, 5.74) is 4.51. The van der Waals surface area contributed by atoms with Crippen LogP contribution < -0.4 is 4.90 Å². The number of aryl methyl sites for hydroxylation is 2. The predicted octanol–water partition coefficient (Wildman–Crippen LogP) is 5.84. The molecule has 5 rings (SSSR count). The molecule has 4 aromatic rings. The number of carbonyl (C=O) groups is 1. The van der Waals surface area contributed by atoms with E-state index < -0.39 is 17.7 Å². The number of carbonyl (C=O) groups excluding carboxylic acids is 1. The van der Waals surface area contributed by atoms with E-state index >= 15 is 0 Å². The van der Waals surface area contributed by atoms with E-state index in [-0.39, 0.29) is 12.3 Å². The number of pyridine rings is 1. The second-order valence-electron chi connectivity index (χ2n) is 9.65. The van der Waals surface area contributed by atoms with Gasteiger partial charge < -0.3 is 14.2 Å². The molecule has 0 saturated carbocycles. The van der Waals surface area contributed by atoms with Gasteiger partial charge in [-0.25, -0.2) is 4.98 Å². The van der Waals surface area contributed by atoms with Crippen LogP contribution in [0.5, 0.6) is 0 Å². The number of anilines is 1. The van der Waals surface area contributed by atoms with Crippen molar-refractivity contribution in [1.82, 2.24) is 14.3 Å². The first-order chi connectivity index (χ1) is 17.7. The molecule has 2 aromatic carbocycles. The summed E-state index contributed by atoms with van der Waals surface area (Å²) in [5, 5.41) is 0. The molecular weight excluding hydrogens is 477 g/mol. The van der Waals surface area contributed by atoms with Gasteiger partial charge in [-0.05, 0) is 54.8 Å². The Bertz CT molecular complexity index is 1420. The van der Waals surface area contributed by atoms with Gasteiger partial charge in [-0.15, -0.1) is 0 Å². The summed E-state index contributed by atoms with van der Waals surface area (Å²) in [6.07, 6.45) is -0.872. The standard InChI is InChI=1S/C29H29F3N4O/c1-20-10-11-36-26(19-33-27(36)16-20)24(22-7-5-8-23(17-22)29(30,31)32)18-28(37)35-14-12-34(13-15-35)25-9-4-3-6-21(25)2/h3-11,16-17,19,24H,12-15,18H2,1-2H3. The van der Waals surface area contributed by atoms with Crippen molar-refractivity contribution in [3.8, 4) is 0 Å². The van der Waals surface area contributed by atoms with Gasteiger partial charge in [0.15, 0.2) is 0 Å². The highest BCUT2D eigenvalue weighted by atomic mass is 19.4. The Labute approximate surface area is 214 Å². The first-order valence-electron chi connectivity index (χ1n) is 12.4. The minimum Gasteiger partial charge on any atom is -0.368 e. The van der Waals surface area contributed by atoms with E-state index in [4.69, 9.17) is 0 Å². The molecule has 1 aliphatic heterocycles. The Morgan fingerprint density at radius 3 is 2.46 bits per heavy atom. The SMILES string of the molecule is Cc1ccn2c(C(CC(=O)N3CCN(c4ccccc4C)CC3)c3cccc(C(F)(F)F)c3)cnc2c1. The molecule has 0 spiro atoms. The molecule has 2 aromatic heterocycles. The number of halogens is 3. The van der Waals surface area contributed by atoms with Crippen LogP contribution in [0.4, 0.5) is 18.9 Å². The lowest BCUT2D eigenvalue weighted by Crippen LogP contribution is -2.49. The summed E-state index contributed by atoms with van der Waals surface area (Å²) >= 11 is 0. The fraction of sp³-hybridized carbons (Fsp3) is 0.310. The lowest BCUT2D eigenvalue weighted by atomic mass is 9.90. The van der Waals surface area contributed by atoms with Crippen molar-refractivity contribution in [2.24, 2.45) is 0 Å². The number of aromatic nitrogens is 2. The minimum absolute atomic E-state index is 0.0628. The summed E-state index contributed by atoms with van der Waals surface area (Å²) in [6.45, 7) is 6.58. The highest BCUT2D eigenvalue weighted by molar-refractivity contribution is 5.78. The number of fused-ring (bicyclic) bond motifs is 1. The number of hydrogen-bond acceptors (Lipinski definition) is 3. The predicted molar refractivity (Wildman–Crippen MR) is 138 cm³/mol. The summed E-state index contributed by atoms with van der Waals surface area (Å²) in [6, 6.07) is 17.3. The molecule has 192 valence electrons. The summed E-state index contributed by atoms with van der Waals surface area (Å²) in [7, 11) is 0. The Hall–Kier alpha value is -3.81. The van der Waals surface area contributed by atoms with Crippen LogP contribution in [0.15, 0.2) is 73.1 Å². The molecule has 0 radical (unpaired) electrons. The van der Waals surface area contributed by atoms with E-state index in [1.54, 1.807) is 12.3 Å². The number of amides is 1. The maximum atomic E-state index is 13.5. The van der Waals surface area contributed by atoms with Gasteiger partial charge in [-0.3, -0.25) is 4.79 Å². The topological polar surface area (TPSA) is 40.9 Å². The van der Waals surface area contributed by atoms with Crippen molar-refractivity contribution < 1.29 is 18.0 Å². The largest absolute Gasteiger partial charge is 0.416 e. The van der Waals surface area contributed by atoms with Crippen LogP contribution in [0.1, 0.15) is 40.3 Å². The second kappa shape index (κ2) is 9.92. The molecule has 0 N–H and O–H groups in total. The van der Waals surface area contributed by atoms with Crippen molar-refractivity contribution >= 4 is 17.2 Å². The Morgan fingerprint density at radius 2 is 1.73 bits per heavy atom. The highest BCUT2D eigenvalue weighted by Gasteiger charge is 2.33. The highest BCUT2D eigenvalue weighted by Crippen LogP contribution is 2.35. The van der Waals surface area contributed by atoms with Crippen LogP contribution in [0, 0.1) is 13.8 Å². The van der Waals surface area contributed by atoms with Crippen molar-refractivity contribution in [2.75, 3.05) is 31.1 Å². The van der Waals surface area contributed by atoms with E-state index in [1.807, 2.05) is 46.7 Å². The molecule has 1 fully saturated rings. The van der Waals surface area contributed by atoms with Crippen molar-refractivity contribution in [3.05, 3.63) is 101 Å². The number of piperazine rings is 1. The zero-order valence-electron chi connectivity index (χ0n) is 20.9. The molecule has 0 bridgehead atoms. The molecule has 1 unspecified atom stereocenters. The number of nitrogens with zero attached hydrogens (tertiary/aromatic N) is 4. The van der Waals surface area contributed by atoms with Gasteiger partial charge in [0, 0.05) is 56.6 Å². The number of rotatable bonds is 5. The Morgan fingerprint density at radius 1 is 0.973 bits per heavy atom. The Kier molecular flexibility index (Phi) is 6.67. The van der Waals surface area contributed by atoms with E-state index in [2.05, 4.69) is 28.9 Å². The number of benzene rings is 2. The van der Waals surface area contributed by atoms with Gasteiger partial charge in [0.1, 0.15) is 5.65 Å². The van der Waals surface area contributed by atoms with Crippen LogP contribution in [0.25, 0.3) is 5.65 Å². The third kappa shape index (κ3) is 5.19. The van der Waals surface area contributed by atoms with Gasteiger partial charge in [0.2, 0.25) is 5.91 Å². The molecule has 5 nitrogen and oxygen atoms in total. The van der Waals surface area contributed by atoms with E-state index in [0.29, 0.717) is 43.1 Å². The average molecular weight is 507 g/mol. The molecular formula is C29H29F3N4O. The number of hydrogen-bond donors (Lipinski definition) is 0. The third-order valence-corrected chi connectivity index (χ3v) is 7.14. The molecule has 8 heteroatoms. The molecule has 37 heavy (non-hydrogen) atoms. The molecule has 1 aliphatic rings. The first-order valence-corrected chi connectivity index (χ1v) is 12.4. The van der Waals surface area contributed by atoms with Gasteiger partial charge in [-0.1, -0.05) is 36.4 Å². The molecule has 1 amide bonds. The van der Waals surface area contributed by atoms with Crippen molar-refractivity contribution in [1.29, 1.82) is 0 Å². The van der Waals surface area contributed by atoms with E-state index in [9.17, 15) is 18.0 Å². The number of alkyl halides is 3. The van der Waals surface area contributed by atoms with Crippen LogP contribution >= 0.6 is 0 Å². The normalized spacial score (nSPS) is 15.3. The lowest BCUT2D eigenvalue weighted by molar-refractivity contribution is -0.137. The monoisotopic (exact) mass is 506 g/mol. The summed E-state index contributed by atoms with van der Waals surface area (Å²) < 4.78 is 42.5. The molecule has 0 aliphatic carbocycles. The Balaban J connectivity index is 1.41. The van der Waals surface area contributed by atoms with Gasteiger partial charge in [-0.2, -0.15) is 13.2 Å². The minimum atomic E-state index is -4.47. The van der Waals surface area contributed by atoms with Gasteiger partial charge in [0.25, 0.3) is 0 Å². The molecule has 1 saturated heterocycles. The molecule has 3 heterocycles. The number of imidazole rings is 1. The van der Waals surface area contributed by atoms with E-state index in [0.717, 1.165) is 23.4 Å². The number of para-hydroxylation sites is 1. The third-order valence-electron chi connectivity index (χ3n) is 7.14. The van der Waals surface area contributed by atoms with Crippen LogP contribution in [-0.2, 0) is 11.0 Å². The van der Waals surface area contributed by atoms with Gasteiger partial charge in [0.05, 0.1) is 11.3 Å². The van der Waals surface area contributed by atoms with Crippen LogP contribution in [0.3, 0.4) is 0 Å².